The van der Waals surface area contributed by atoms with E-state index in [9.17, 15) is 4.79 Å². The first kappa shape index (κ1) is 14.7. The molecule has 0 bridgehead atoms. The van der Waals surface area contributed by atoms with Crippen LogP contribution in [0.4, 0.5) is 0 Å². The van der Waals surface area contributed by atoms with E-state index in [0.29, 0.717) is 5.56 Å². The van der Waals surface area contributed by atoms with Gasteiger partial charge in [-0.2, -0.15) is 10.2 Å². The number of aromatic nitrogens is 4. The van der Waals surface area contributed by atoms with Crippen molar-refractivity contribution in [2.24, 2.45) is 0 Å². The van der Waals surface area contributed by atoms with Crippen LogP contribution in [-0.4, -0.2) is 43.1 Å². The highest BCUT2D eigenvalue weighted by molar-refractivity contribution is 5.94. The summed E-state index contributed by atoms with van der Waals surface area (Å²) in [5.41, 5.74) is 0.626. The summed E-state index contributed by atoms with van der Waals surface area (Å²) < 4.78 is 2.14. The lowest BCUT2D eigenvalue weighted by Crippen LogP contribution is -2.44. The fourth-order valence-electron chi connectivity index (χ4n) is 3.08. The second kappa shape index (κ2) is 6.68. The lowest BCUT2D eigenvalue weighted by atomic mass is 9.98. The second-order valence-electron chi connectivity index (χ2n) is 5.74. The number of imidazole rings is 1. The molecule has 0 aliphatic carbocycles. The Morgan fingerprint density at radius 3 is 2.95 bits per heavy atom. The van der Waals surface area contributed by atoms with E-state index in [-0.39, 0.29) is 11.9 Å². The molecular weight excluding hydrogens is 278 g/mol. The van der Waals surface area contributed by atoms with E-state index in [0.717, 1.165) is 38.2 Å². The summed E-state index contributed by atoms with van der Waals surface area (Å²) in [5.74, 6) is 1.09. The van der Waals surface area contributed by atoms with Crippen molar-refractivity contribution < 1.29 is 4.79 Å². The van der Waals surface area contributed by atoms with Crippen LogP contribution < -0.4 is 0 Å². The zero-order valence-corrected chi connectivity index (χ0v) is 12.9. The maximum absolute atomic E-state index is 12.7. The fourth-order valence-corrected chi connectivity index (χ4v) is 3.08. The zero-order chi connectivity index (χ0) is 15.4. The van der Waals surface area contributed by atoms with Gasteiger partial charge in [-0.05, 0) is 38.7 Å². The molecule has 116 valence electrons. The summed E-state index contributed by atoms with van der Waals surface area (Å²) in [6.45, 7) is 3.73. The summed E-state index contributed by atoms with van der Waals surface area (Å²) in [5, 5.41) is 7.55. The van der Waals surface area contributed by atoms with Crippen molar-refractivity contribution >= 4 is 5.91 Å². The average Bonchev–Trinajstić information content (AvgIpc) is 2.98. The number of likely N-dealkylation sites (tertiary alicyclic amines) is 1. The quantitative estimate of drug-likeness (QED) is 0.867. The highest BCUT2D eigenvalue weighted by atomic mass is 16.2. The van der Waals surface area contributed by atoms with Gasteiger partial charge in [0.25, 0.3) is 5.91 Å². The molecule has 1 atom stereocenters. The second-order valence-corrected chi connectivity index (χ2v) is 5.74. The topological polar surface area (TPSA) is 63.9 Å². The third-order valence-corrected chi connectivity index (χ3v) is 4.35. The van der Waals surface area contributed by atoms with Crippen LogP contribution in [0.25, 0.3) is 0 Å². The molecule has 0 aromatic carbocycles. The van der Waals surface area contributed by atoms with Gasteiger partial charge in [-0.25, -0.2) is 4.98 Å². The van der Waals surface area contributed by atoms with Gasteiger partial charge in [0.15, 0.2) is 0 Å². The SMILES string of the molecule is Cc1nccn1CC[C@H]1CCCCN1C(=O)c1ccnnc1. The van der Waals surface area contributed by atoms with E-state index in [2.05, 4.69) is 19.7 Å². The van der Waals surface area contributed by atoms with E-state index in [4.69, 9.17) is 0 Å². The van der Waals surface area contributed by atoms with Crippen LogP contribution in [0.1, 0.15) is 41.9 Å². The Bertz CT molecular complexity index is 624. The van der Waals surface area contributed by atoms with Crippen LogP contribution in [0.5, 0.6) is 0 Å². The van der Waals surface area contributed by atoms with Crippen LogP contribution in [0, 0.1) is 6.92 Å². The Labute approximate surface area is 130 Å². The molecule has 0 N–H and O–H groups in total. The van der Waals surface area contributed by atoms with Gasteiger partial charge in [-0.3, -0.25) is 4.79 Å². The largest absolute Gasteiger partial charge is 0.336 e. The lowest BCUT2D eigenvalue weighted by molar-refractivity contribution is 0.0594. The van der Waals surface area contributed by atoms with Gasteiger partial charge < -0.3 is 9.47 Å². The molecule has 2 aromatic heterocycles. The summed E-state index contributed by atoms with van der Waals surface area (Å²) in [6.07, 6.45) is 11.2. The van der Waals surface area contributed by atoms with Crippen molar-refractivity contribution in [2.45, 2.75) is 45.2 Å². The first-order chi connectivity index (χ1) is 10.8. The number of hydrogen-bond donors (Lipinski definition) is 0. The van der Waals surface area contributed by atoms with Crippen molar-refractivity contribution in [3.8, 4) is 0 Å². The minimum atomic E-state index is 0.0713. The first-order valence-corrected chi connectivity index (χ1v) is 7.81. The molecule has 2 aromatic rings. The third kappa shape index (κ3) is 3.16. The normalized spacial score (nSPS) is 18.4. The van der Waals surface area contributed by atoms with Crippen LogP contribution >= 0.6 is 0 Å². The van der Waals surface area contributed by atoms with Gasteiger partial charge >= 0.3 is 0 Å². The Morgan fingerprint density at radius 2 is 2.23 bits per heavy atom. The molecule has 6 heteroatoms. The summed E-state index contributed by atoms with van der Waals surface area (Å²) in [6, 6.07) is 2.03. The molecule has 0 unspecified atom stereocenters. The van der Waals surface area contributed by atoms with Crippen LogP contribution in [-0.2, 0) is 6.54 Å². The number of rotatable bonds is 4. The number of hydrogen-bond acceptors (Lipinski definition) is 4. The van der Waals surface area contributed by atoms with E-state index >= 15 is 0 Å². The Morgan fingerprint density at radius 1 is 1.32 bits per heavy atom. The van der Waals surface area contributed by atoms with E-state index < -0.39 is 0 Å². The number of piperidine rings is 1. The fraction of sp³-hybridized carbons (Fsp3) is 0.500. The van der Waals surface area contributed by atoms with Crippen LogP contribution in [0.2, 0.25) is 0 Å². The number of carbonyl (C=O) groups is 1. The van der Waals surface area contributed by atoms with Crippen LogP contribution in [0.3, 0.4) is 0 Å². The molecule has 1 aliphatic heterocycles. The summed E-state index contributed by atoms with van der Waals surface area (Å²) in [4.78, 5) is 18.9. The number of aryl methyl sites for hydroxylation is 2. The molecule has 6 nitrogen and oxygen atoms in total. The van der Waals surface area contributed by atoms with Gasteiger partial charge in [0.1, 0.15) is 5.82 Å². The molecule has 3 heterocycles. The highest BCUT2D eigenvalue weighted by Gasteiger charge is 2.27. The van der Waals surface area contributed by atoms with E-state index in [1.54, 1.807) is 18.5 Å². The molecule has 22 heavy (non-hydrogen) atoms. The standard InChI is InChI=1S/C16H21N5O/c1-13-17-8-11-20(13)10-6-15-4-2-3-9-21(15)16(22)14-5-7-18-19-12-14/h5,7-8,11-12,15H,2-4,6,9-10H2,1H3/t15-/m1/s1. The van der Waals surface area contributed by atoms with Crippen molar-refractivity contribution in [3.05, 3.63) is 42.2 Å². The molecule has 1 amide bonds. The molecule has 1 saturated heterocycles. The van der Waals surface area contributed by atoms with Crippen molar-refractivity contribution in [1.29, 1.82) is 0 Å². The van der Waals surface area contributed by atoms with Gasteiger partial charge in [-0.1, -0.05) is 0 Å². The monoisotopic (exact) mass is 299 g/mol. The summed E-state index contributed by atoms with van der Waals surface area (Å²) >= 11 is 0. The first-order valence-electron chi connectivity index (χ1n) is 7.81. The van der Waals surface area contributed by atoms with E-state index in [1.165, 1.54) is 6.42 Å². The van der Waals surface area contributed by atoms with Gasteiger partial charge in [0.05, 0.1) is 18.0 Å². The Balaban J connectivity index is 1.68. The molecular formula is C16H21N5O. The molecule has 0 saturated carbocycles. The maximum atomic E-state index is 12.7. The highest BCUT2D eigenvalue weighted by Crippen LogP contribution is 2.22. The third-order valence-electron chi connectivity index (χ3n) is 4.35. The predicted octanol–water partition coefficient (Wildman–Crippen LogP) is 2.07. The summed E-state index contributed by atoms with van der Waals surface area (Å²) in [7, 11) is 0. The van der Waals surface area contributed by atoms with Gasteiger partial charge in [0, 0.05) is 31.5 Å². The Hall–Kier alpha value is -2.24. The molecule has 0 radical (unpaired) electrons. The number of carbonyl (C=O) groups excluding carboxylic acids is 1. The lowest BCUT2D eigenvalue weighted by Gasteiger charge is -2.36. The average molecular weight is 299 g/mol. The molecule has 1 fully saturated rings. The van der Waals surface area contributed by atoms with E-state index in [1.807, 2.05) is 24.2 Å². The minimum absolute atomic E-state index is 0.0713. The Kier molecular flexibility index (Phi) is 4.46. The van der Waals surface area contributed by atoms with Gasteiger partial charge in [0.2, 0.25) is 0 Å². The minimum Gasteiger partial charge on any atom is -0.336 e. The van der Waals surface area contributed by atoms with Crippen molar-refractivity contribution in [1.82, 2.24) is 24.6 Å². The smallest absolute Gasteiger partial charge is 0.255 e. The molecule has 0 spiro atoms. The number of amides is 1. The predicted molar refractivity (Wildman–Crippen MR) is 82.3 cm³/mol. The van der Waals surface area contributed by atoms with Crippen molar-refractivity contribution in [3.63, 3.8) is 0 Å². The maximum Gasteiger partial charge on any atom is 0.255 e. The number of nitrogens with zero attached hydrogens (tertiary/aromatic N) is 5. The van der Waals surface area contributed by atoms with Gasteiger partial charge in [-0.15, -0.1) is 0 Å². The molecule has 3 rings (SSSR count). The van der Waals surface area contributed by atoms with Crippen LogP contribution in [0.15, 0.2) is 30.9 Å². The molecule has 1 aliphatic rings. The van der Waals surface area contributed by atoms with Crippen molar-refractivity contribution in [2.75, 3.05) is 6.54 Å². The zero-order valence-electron chi connectivity index (χ0n) is 12.9.